The first-order chi connectivity index (χ1) is 9.61. The number of carbonyl (C=O) groups is 1. The van der Waals surface area contributed by atoms with E-state index < -0.39 is 0 Å². The molecule has 0 saturated heterocycles. The lowest BCUT2D eigenvalue weighted by Crippen LogP contribution is -2.43. The normalized spacial score (nSPS) is 22.6. The van der Waals surface area contributed by atoms with Crippen molar-refractivity contribution >= 4 is 5.91 Å². The highest BCUT2D eigenvalue weighted by atomic mass is 19.1. The van der Waals surface area contributed by atoms with Gasteiger partial charge in [-0.3, -0.25) is 4.79 Å². The topological polar surface area (TPSA) is 32.3 Å². The van der Waals surface area contributed by atoms with Gasteiger partial charge in [0, 0.05) is 19.1 Å². The molecule has 1 amide bonds. The molecule has 0 spiro atoms. The van der Waals surface area contributed by atoms with Gasteiger partial charge in [-0.1, -0.05) is 18.2 Å². The molecule has 1 saturated carbocycles. The number of hydrogen-bond donors (Lipinski definition) is 1. The molecule has 3 nitrogen and oxygen atoms in total. The Morgan fingerprint density at radius 2 is 1.95 bits per heavy atom. The predicted octanol–water partition coefficient (Wildman–Crippen LogP) is 2.36. The van der Waals surface area contributed by atoms with Crippen LogP contribution < -0.4 is 5.32 Å². The lowest BCUT2D eigenvalue weighted by Gasteiger charge is -2.34. The van der Waals surface area contributed by atoms with Crippen molar-refractivity contribution in [2.45, 2.75) is 44.2 Å². The molecule has 1 N–H and O–H groups in total. The smallest absolute Gasteiger partial charge is 0.227 e. The first-order valence-electron chi connectivity index (χ1n) is 7.28. The predicted molar refractivity (Wildman–Crippen MR) is 78.0 cm³/mol. The average molecular weight is 278 g/mol. The van der Waals surface area contributed by atoms with E-state index in [1.54, 1.807) is 23.1 Å². The molecule has 0 bridgehead atoms. The van der Waals surface area contributed by atoms with Gasteiger partial charge in [-0.2, -0.15) is 0 Å². The number of amides is 1. The number of nitrogens with one attached hydrogen (secondary N) is 1. The fraction of sp³-hybridized carbons (Fsp3) is 0.562. The van der Waals surface area contributed by atoms with Gasteiger partial charge in [-0.05, 0) is 44.4 Å². The zero-order valence-electron chi connectivity index (χ0n) is 12.2. The number of benzene rings is 1. The number of nitrogens with zero attached hydrogens (tertiary/aromatic N) is 1. The van der Waals surface area contributed by atoms with E-state index in [1.807, 2.05) is 14.1 Å². The Kier molecular flexibility index (Phi) is 5.12. The summed E-state index contributed by atoms with van der Waals surface area (Å²) in [4.78, 5) is 14.1. The van der Waals surface area contributed by atoms with Crippen LogP contribution in [0.15, 0.2) is 24.3 Å². The summed E-state index contributed by atoms with van der Waals surface area (Å²) < 4.78 is 13.6. The summed E-state index contributed by atoms with van der Waals surface area (Å²) >= 11 is 0. The summed E-state index contributed by atoms with van der Waals surface area (Å²) in [5.74, 6) is -0.295. The number of halogens is 1. The van der Waals surface area contributed by atoms with Crippen molar-refractivity contribution in [3.8, 4) is 0 Å². The highest BCUT2D eigenvalue weighted by molar-refractivity contribution is 5.78. The Labute approximate surface area is 120 Å². The maximum absolute atomic E-state index is 13.6. The van der Waals surface area contributed by atoms with Crippen molar-refractivity contribution in [1.82, 2.24) is 10.2 Å². The molecule has 20 heavy (non-hydrogen) atoms. The van der Waals surface area contributed by atoms with Crippen molar-refractivity contribution in [2.24, 2.45) is 0 Å². The molecule has 2 rings (SSSR count). The lowest BCUT2D eigenvalue weighted by atomic mass is 9.90. The molecular weight excluding hydrogens is 255 g/mol. The minimum atomic E-state index is -0.298. The van der Waals surface area contributed by atoms with Gasteiger partial charge in [-0.25, -0.2) is 4.39 Å². The standard InChI is InChI=1S/C16H23FN2O/c1-18-13-7-9-14(10-8-13)19(2)16(20)11-12-5-3-4-6-15(12)17/h3-6,13-14,18H,7-11H2,1-2H3. The highest BCUT2D eigenvalue weighted by Gasteiger charge is 2.26. The molecule has 0 heterocycles. The van der Waals surface area contributed by atoms with Gasteiger partial charge in [0.1, 0.15) is 5.82 Å². The molecule has 0 atom stereocenters. The highest BCUT2D eigenvalue weighted by Crippen LogP contribution is 2.23. The van der Waals surface area contributed by atoms with Crippen LogP contribution >= 0.6 is 0 Å². The zero-order valence-corrected chi connectivity index (χ0v) is 12.2. The van der Waals surface area contributed by atoms with Crippen molar-refractivity contribution in [3.63, 3.8) is 0 Å². The maximum atomic E-state index is 13.6. The van der Waals surface area contributed by atoms with E-state index in [0.717, 1.165) is 25.7 Å². The quantitative estimate of drug-likeness (QED) is 0.917. The van der Waals surface area contributed by atoms with Crippen molar-refractivity contribution in [3.05, 3.63) is 35.6 Å². The number of hydrogen-bond acceptors (Lipinski definition) is 2. The van der Waals surface area contributed by atoms with Crippen LogP contribution in [0.5, 0.6) is 0 Å². The summed E-state index contributed by atoms with van der Waals surface area (Å²) in [6.07, 6.45) is 4.38. The third kappa shape index (κ3) is 3.57. The molecule has 1 aromatic carbocycles. The van der Waals surface area contributed by atoms with Gasteiger partial charge in [0.05, 0.1) is 6.42 Å². The molecule has 0 aliphatic heterocycles. The minimum Gasteiger partial charge on any atom is -0.342 e. The monoisotopic (exact) mass is 278 g/mol. The van der Waals surface area contributed by atoms with E-state index in [9.17, 15) is 9.18 Å². The van der Waals surface area contributed by atoms with Crippen LogP contribution in [-0.2, 0) is 11.2 Å². The number of carbonyl (C=O) groups excluding carboxylic acids is 1. The summed E-state index contributed by atoms with van der Waals surface area (Å²) in [5, 5.41) is 3.29. The number of rotatable bonds is 4. The van der Waals surface area contributed by atoms with Crippen molar-refractivity contribution < 1.29 is 9.18 Å². The second kappa shape index (κ2) is 6.84. The third-order valence-corrected chi connectivity index (χ3v) is 4.35. The molecule has 110 valence electrons. The van der Waals surface area contributed by atoms with Crippen LogP contribution in [0.25, 0.3) is 0 Å². The molecule has 0 unspecified atom stereocenters. The molecule has 0 radical (unpaired) electrons. The van der Waals surface area contributed by atoms with Gasteiger partial charge in [0.15, 0.2) is 0 Å². The Bertz CT molecular complexity index is 456. The first kappa shape index (κ1) is 15.0. The molecule has 1 aliphatic rings. The zero-order chi connectivity index (χ0) is 14.5. The Morgan fingerprint density at radius 1 is 1.30 bits per heavy atom. The second-order valence-electron chi connectivity index (χ2n) is 5.57. The molecule has 1 aliphatic carbocycles. The number of likely N-dealkylation sites (N-methyl/N-ethyl adjacent to an activating group) is 1. The van der Waals surface area contributed by atoms with Crippen LogP contribution in [0.2, 0.25) is 0 Å². The maximum Gasteiger partial charge on any atom is 0.227 e. The second-order valence-corrected chi connectivity index (χ2v) is 5.57. The summed E-state index contributed by atoms with van der Waals surface area (Å²) in [7, 11) is 3.82. The third-order valence-electron chi connectivity index (χ3n) is 4.35. The van der Waals surface area contributed by atoms with E-state index in [4.69, 9.17) is 0 Å². The van der Waals surface area contributed by atoms with E-state index in [2.05, 4.69) is 5.32 Å². The van der Waals surface area contributed by atoms with Gasteiger partial charge in [0.25, 0.3) is 0 Å². The molecule has 4 heteroatoms. The summed E-state index contributed by atoms with van der Waals surface area (Å²) in [5.41, 5.74) is 0.480. The van der Waals surface area contributed by atoms with Gasteiger partial charge in [0.2, 0.25) is 5.91 Å². The first-order valence-corrected chi connectivity index (χ1v) is 7.28. The lowest BCUT2D eigenvalue weighted by molar-refractivity contribution is -0.131. The van der Waals surface area contributed by atoms with Crippen LogP contribution in [0.4, 0.5) is 4.39 Å². The average Bonchev–Trinajstić information content (AvgIpc) is 2.49. The Hall–Kier alpha value is -1.42. The van der Waals surface area contributed by atoms with Gasteiger partial charge < -0.3 is 10.2 Å². The fourth-order valence-corrected chi connectivity index (χ4v) is 2.88. The molecular formula is C16H23FN2O. The Morgan fingerprint density at radius 3 is 2.55 bits per heavy atom. The van der Waals surface area contributed by atoms with Gasteiger partial charge in [-0.15, -0.1) is 0 Å². The Balaban J connectivity index is 1.91. The molecule has 1 fully saturated rings. The largest absolute Gasteiger partial charge is 0.342 e. The van der Waals surface area contributed by atoms with Crippen LogP contribution in [-0.4, -0.2) is 37.0 Å². The summed E-state index contributed by atoms with van der Waals surface area (Å²) in [6.45, 7) is 0. The van der Waals surface area contributed by atoms with Crippen molar-refractivity contribution in [1.29, 1.82) is 0 Å². The molecule has 1 aromatic rings. The SMILES string of the molecule is CNC1CCC(N(C)C(=O)Cc2ccccc2F)CC1. The van der Waals surface area contributed by atoms with E-state index in [1.165, 1.54) is 6.07 Å². The van der Waals surface area contributed by atoms with E-state index in [0.29, 0.717) is 17.6 Å². The van der Waals surface area contributed by atoms with Gasteiger partial charge >= 0.3 is 0 Å². The van der Waals surface area contributed by atoms with E-state index in [-0.39, 0.29) is 18.1 Å². The fourth-order valence-electron chi connectivity index (χ4n) is 2.88. The minimum absolute atomic E-state index is 0.00278. The van der Waals surface area contributed by atoms with Crippen molar-refractivity contribution in [2.75, 3.05) is 14.1 Å². The van der Waals surface area contributed by atoms with Crippen LogP contribution in [0.3, 0.4) is 0 Å². The van der Waals surface area contributed by atoms with E-state index >= 15 is 0 Å². The van der Waals surface area contributed by atoms with Crippen LogP contribution in [0.1, 0.15) is 31.2 Å². The summed E-state index contributed by atoms with van der Waals surface area (Å²) in [6, 6.07) is 7.36. The molecule has 0 aromatic heterocycles. The van der Waals surface area contributed by atoms with Crippen LogP contribution in [0, 0.1) is 5.82 Å².